The summed E-state index contributed by atoms with van der Waals surface area (Å²) >= 11 is 0. The van der Waals surface area contributed by atoms with E-state index in [1.807, 2.05) is 0 Å². The average Bonchev–Trinajstić information content (AvgIpc) is 2.71. The molecule has 0 aromatic heterocycles. The van der Waals surface area contributed by atoms with E-state index in [1.54, 1.807) is 0 Å². The summed E-state index contributed by atoms with van der Waals surface area (Å²) in [6.45, 7) is 2.35. The molecular formula is C20H27NO. The molecule has 4 saturated carbocycles. The van der Waals surface area contributed by atoms with Gasteiger partial charge in [-0.05, 0) is 67.3 Å². The van der Waals surface area contributed by atoms with Gasteiger partial charge in [-0.2, -0.15) is 0 Å². The lowest BCUT2D eigenvalue weighted by Crippen LogP contribution is -2.51. The molecule has 1 aromatic carbocycles. The van der Waals surface area contributed by atoms with Crippen LogP contribution in [-0.2, 0) is 10.2 Å². The first-order chi connectivity index (χ1) is 10.5. The third kappa shape index (κ3) is 1.89. The van der Waals surface area contributed by atoms with E-state index in [9.17, 15) is 4.79 Å². The Labute approximate surface area is 133 Å². The Kier molecular flexibility index (Phi) is 2.99. The van der Waals surface area contributed by atoms with Crippen molar-refractivity contribution in [2.45, 2.75) is 63.7 Å². The molecule has 118 valence electrons. The van der Waals surface area contributed by atoms with Crippen molar-refractivity contribution in [3.8, 4) is 0 Å². The number of benzene rings is 1. The van der Waals surface area contributed by atoms with Crippen molar-refractivity contribution < 1.29 is 4.79 Å². The summed E-state index contributed by atoms with van der Waals surface area (Å²) in [5.41, 5.74) is 7.77. The van der Waals surface area contributed by atoms with Gasteiger partial charge in [-0.25, -0.2) is 0 Å². The highest BCUT2D eigenvalue weighted by atomic mass is 16.1. The van der Waals surface area contributed by atoms with Crippen LogP contribution in [0.15, 0.2) is 30.3 Å². The van der Waals surface area contributed by atoms with Crippen molar-refractivity contribution in [2.24, 2.45) is 22.5 Å². The minimum absolute atomic E-state index is 0.0358. The zero-order chi connectivity index (χ0) is 15.4. The summed E-state index contributed by atoms with van der Waals surface area (Å²) < 4.78 is 0. The summed E-state index contributed by atoms with van der Waals surface area (Å²) in [5.74, 6) is 0.643. The maximum absolute atomic E-state index is 12.4. The van der Waals surface area contributed by atoms with Crippen LogP contribution in [0.1, 0.15) is 63.9 Å². The Bertz CT molecular complexity index is 597. The van der Waals surface area contributed by atoms with Crippen molar-refractivity contribution in [2.75, 3.05) is 0 Å². The van der Waals surface area contributed by atoms with Crippen LogP contribution in [0.3, 0.4) is 0 Å². The molecular weight excluding hydrogens is 270 g/mol. The van der Waals surface area contributed by atoms with Crippen LogP contribution in [0.2, 0.25) is 0 Å². The second kappa shape index (κ2) is 4.59. The van der Waals surface area contributed by atoms with Crippen LogP contribution in [-0.4, -0.2) is 5.91 Å². The van der Waals surface area contributed by atoms with Gasteiger partial charge in [0.15, 0.2) is 0 Å². The summed E-state index contributed by atoms with van der Waals surface area (Å²) in [7, 11) is 0. The van der Waals surface area contributed by atoms with Crippen LogP contribution in [0, 0.1) is 16.7 Å². The zero-order valence-electron chi connectivity index (χ0n) is 13.6. The number of nitrogens with two attached hydrogens (primary N) is 1. The Hall–Kier alpha value is -1.31. The minimum atomic E-state index is -0.244. The predicted molar refractivity (Wildman–Crippen MR) is 88.3 cm³/mol. The monoisotopic (exact) mass is 297 g/mol. The Morgan fingerprint density at radius 2 is 1.91 bits per heavy atom. The van der Waals surface area contributed by atoms with Crippen molar-refractivity contribution in [3.63, 3.8) is 0 Å². The van der Waals surface area contributed by atoms with Crippen LogP contribution >= 0.6 is 0 Å². The number of hydrogen-bond donors (Lipinski definition) is 1. The predicted octanol–water partition coefficient (Wildman–Crippen LogP) is 4.18. The number of rotatable bonds is 3. The van der Waals surface area contributed by atoms with Crippen LogP contribution < -0.4 is 5.73 Å². The molecule has 1 amide bonds. The molecule has 2 N–H and O–H groups in total. The topological polar surface area (TPSA) is 43.1 Å². The normalized spacial score (nSPS) is 43.0. The van der Waals surface area contributed by atoms with Crippen molar-refractivity contribution in [1.82, 2.24) is 0 Å². The van der Waals surface area contributed by atoms with Gasteiger partial charge in [0.2, 0.25) is 5.91 Å². The van der Waals surface area contributed by atoms with Crippen LogP contribution in [0.25, 0.3) is 0 Å². The molecule has 4 aliphatic carbocycles. The Balaban J connectivity index is 1.87. The molecule has 4 fully saturated rings. The van der Waals surface area contributed by atoms with Crippen LogP contribution in [0.5, 0.6) is 0 Å². The maximum Gasteiger partial charge on any atom is 0.223 e. The fourth-order valence-electron chi connectivity index (χ4n) is 6.41. The van der Waals surface area contributed by atoms with Gasteiger partial charge in [0, 0.05) is 0 Å². The van der Waals surface area contributed by atoms with Crippen molar-refractivity contribution >= 4 is 5.91 Å². The third-order valence-corrected chi connectivity index (χ3v) is 7.26. The third-order valence-electron chi connectivity index (χ3n) is 7.26. The van der Waals surface area contributed by atoms with Gasteiger partial charge in [-0.15, -0.1) is 0 Å². The SMILES string of the molecule is CCC12CCC3(C(N)=O)CC(C1)CC(c1ccccc1)(C2)C3. The van der Waals surface area contributed by atoms with Crippen molar-refractivity contribution in [3.05, 3.63) is 35.9 Å². The number of carbonyl (C=O) groups excluding carboxylic acids is 1. The van der Waals surface area contributed by atoms with E-state index in [-0.39, 0.29) is 16.7 Å². The highest BCUT2D eigenvalue weighted by Crippen LogP contribution is 2.67. The second-order valence-electron chi connectivity index (χ2n) is 8.48. The largest absolute Gasteiger partial charge is 0.369 e. The fraction of sp³-hybridized carbons (Fsp3) is 0.650. The number of fused-ring (bicyclic) bond motifs is 1. The van der Waals surface area contributed by atoms with E-state index in [0.29, 0.717) is 11.3 Å². The number of carbonyl (C=O) groups is 1. The molecule has 0 spiro atoms. The lowest BCUT2D eigenvalue weighted by atomic mass is 9.49. The summed E-state index contributed by atoms with van der Waals surface area (Å²) in [6, 6.07) is 11.0. The Morgan fingerprint density at radius 1 is 1.14 bits per heavy atom. The number of primary amides is 1. The highest BCUT2D eigenvalue weighted by molar-refractivity contribution is 5.81. The number of amides is 1. The first kappa shape index (κ1) is 14.3. The molecule has 0 heterocycles. The molecule has 4 unspecified atom stereocenters. The Morgan fingerprint density at radius 3 is 2.59 bits per heavy atom. The highest BCUT2D eigenvalue weighted by Gasteiger charge is 2.61. The molecule has 4 atom stereocenters. The maximum atomic E-state index is 12.4. The molecule has 2 nitrogen and oxygen atoms in total. The average molecular weight is 297 g/mol. The van der Waals surface area contributed by atoms with E-state index < -0.39 is 0 Å². The standard InChI is InChI=1S/C20H27NO/c1-2-18-8-9-19(17(21)22)11-15(10-18)12-20(13-18,14-19)16-6-4-3-5-7-16/h3-7,15H,2,8-14H2,1H3,(H2,21,22). The molecule has 4 bridgehead atoms. The summed E-state index contributed by atoms with van der Waals surface area (Å²) in [5, 5.41) is 0. The summed E-state index contributed by atoms with van der Waals surface area (Å²) in [6.07, 6.45) is 9.30. The zero-order valence-corrected chi connectivity index (χ0v) is 13.6. The second-order valence-corrected chi connectivity index (χ2v) is 8.48. The quantitative estimate of drug-likeness (QED) is 0.893. The smallest absolute Gasteiger partial charge is 0.223 e. The van der Waals surface area contributed by atoms with E-state index >= 15 is 0 Å². The first-order valence-electron chi connectivity index (χ1n) is 8.87. The van der Waals surface area contributed by atoms with E-state index in [1.165, 1.54) is 37.7 Å². The summed E-state index contributed by atoms with van der Waals surface area (Å²) in [4.78, 5) is 12.4. The molecule has 0 radical (unpaired) electrons. The lowest BCUT2D eigenvalue weighted by Gasteiger charge is -2.55. The van der Waals surface area contributed by atoms with Gasteiger partial charge in [0.1, 0.15) is 0 Å². The van der Waals surface area contributed by atoms with Gasteiger partial charge in [0.05, 0.1) is 5.41 Å². The van der Waals surface area contributed by atoms with Gasteiger partial charge in [-0.3, -0.25) is 4.79 Å². The molecule has 2 heteroatoms. The van der Waals surface area contributed by atoms with E-state index in [4.69, 9.17) is 5.73 Å². The lowest BCUT2D eigenvalue weighted by molar-refractivity contribution is -0.133. The van der Waals surface area contributed by atoms with Gasteiger partial charge < -0.3 is 5.73 Å². The molecule has 22 heavy (non-hydrogen) atoms. The molecule has 0 saturated heterocycles. The van der Waals surface area contributed by atoms with Gasteiger partial charge >= 0.3 is 0 Å². The van der Waals surface area contributed by atoms with Gasteiger partial charge in [-0.1, -0.05) is 43.7 Å². The molecule has 5 rings (SSSR count). The van der Waals surface area contributed by atoms with Gasteiger partial charge in [0.25, 0.3) is 0 Å². The van der Waals surface area contributed by atoms with E-state index in [2.05, 4.69) is 37.3 Å². The molecule has 1 aromatic rings. The van der Waals surface area contributed by atoms with E-state index in [0.717, 1.165) is 19.3 Å². The number of hydrogen-bond acceptors (Lipinski definition) is 1. The first-order valence-corrected chi connectivity index (χ1v) is 8.87. The molecule has 0 aliphatic heterocycles. The van der Waals surface area contributed by atoms with Crippen molar-refractivity contribution in [1.29, 1.82) is 0 Å². The minimum Gasteiger partial charge on any atom is -0.369 e. The fourth-order valence-corrected chi connectivity index (χ4v) is 6.41. The van der Waals surface area contributed by atoms with Crippen LogP contribution in [0.4, 0.5) is 0 Å². The molecule has 4 aliphatic rings.